The quantitative estimate of drug-likeness (QED) is 0.489. The second-order valence-electron chi connectivity index (χ2n) is 11.0. The molecule has 0 aromatic rings. The fraction of sp³-hybridized carbons (Fsp3) is 0.840. The molecule has 0 radical (unpaired) electrons. The van der Waals surface area contributed by atoms with Gasteiger partial charge in [-0.2, -0.15) is 0 Å². The van der Waals surface area contributed by atoms with E-state index in [4.69, 9.17) is 14.2 Å². The van der Waals surface area contributed by atoms with Gasteiger partial charge in [-0.3, -0.25) is 19.2 Å². The highest BCUT2D eigenvalue weighted by molar-refractivity contribution is 5.99. The van der Waals surface area contributed by atoms with Gasteiger partial charge in [0.15, 0.2) is 5.60 Å². The van der Waals surface area contributed by atoms with Crippen LogP contribution in [0.1, 0.15) is 67.7 Å². The molecule has 3 rings (SSSR count). The number of hydrogen-bond acceptors (Lipinski definition) is 8. The highest BCUT2D eigenvalue weighted by Gasteiger charge is 2.68. The first-order valence-electron chi connectivity index (χ1n) is 12.0. The van der Waals surface area contributed by atoms with E-state index in [1.807, 2.05) is 27.7 Å². The predicted octanol–water partition coefficient (Wildman–Crippen LogP) is 2.46. The molecule has 8 heteroatoms. The van der Waals surface area contributed by atoms with Crippen molar-refractivity contribution in [2.45, 2.75) is 91.1 Å². The van der Waals surface area contributed by atoms with Gasteiger partial charge in [0.1, 0.15) is 29.6 Å². The van der Waals surface area contributed by atoms with E-state index in [9.17, 15) is 19.2 Å². The Morgan fingerprint density at radius 1 is 1.00 bits per heavy atom. The molecular formula is C25H39NO7. The second-order valence-corrected chi connectivity index (χ2v) is 11.0. The molecule has 0 aromatic carbocycles. The van der Waals surface area contributed by atoms with Crippen LogP contribution in [0.4, 0.5) is 0 Å². The first-order chi connectivity index (χ1) is 15.2. The molecule has 0 aliphatic carbocycles. The van der Waals surface area contributed by atoms with Gasteiger partial charge in [0, 0.05) is 36.8 Å². The number of carbonyl (C=O) groups is 4. The minimum atomic E-state index is -1.19. The first-order valence-corrected chi connectivity index (χ1v) is 12.0. The molecule has 3 fully saturated rings. The standard InChI is InChI=1S/C25H39NO7/c1-9-16-25(7)19-17(22(30)33-25)26-12-24(19,6)20(28)14(3)11-23(5,31-8)10-13(2)18(27)15(4)21(29)32-16/h13-17,19,26H,9-12H2,1-8H3/t13-,14-,15-,16+,17-,19?,23+,24-,25-/m1/s1. The van der Waals surface area contributed by atoms with Crippen LogP contribution in [0, 0.1) is 29.1 Å². The molecule has 9 atom stereocenters. The summed E-state index contributed by atoms with van der Waals surface area (Å²) in [5, 5.41) is 3.20. The van der Waals surface area contributed by atoms with Gasteiger partial charge < -0.3 is 19.5 Å². The van der Waals surface area contributed by atoms with Gasteiger partial charge in [0.2, 0.25) is 0 Å². The lowest BCUT2D eigenvalue weighted by Crippen LogP contribution is -2.56. The molecule has 1 unspecified atom stereocenters. The van der Waals surface area contributed by atoms with Crippen molar-refractivity contribution in [1.82, 2.24) is 5.32 Å². The van der Waals surface area contributed by atoms with Crippen LogP contribution in [-0.2, 0) is 33.4 Å². The maximum Gasteiger partial charge on any atom is 0.324 e. The van der Waals surface area contributed by atoms with Crippen LogP contribution in [0.3, 0.4) is 0 Å². The van der Waals surface area contributed by atoms with Crippen molar-refractivity contribution in [3.63, 3.8) is 0 Å². The van der Waals surface area contributed by atoms with Gasteiger partial charge in [0.25, 0.3) is 0 Å². The van der Waals surface area contributed by atoms with Crippen molar-refractivity contribution in [2.75, 3.05) is 13.7 Å². The summed E-state index contributed by atoms with van der Waals surface area (Å²) in [4.78, 5) is 52.8. The number of ketones is 2. The van der Waals surface area contributed by atoms with E-state index >= 15 is 0 Å². The Labute approximate surface area is 196 Å². The molecule has 0 aromatic heterocycles. The van der Waals surface area contributed by atoms with Gasteiger partial charge >= 0.3 is 11.9 Å². The smallest absolute Gasteiger partial charge is 0.324 e. The van der Waals surface area contributed by atoms with Crippen molar-refractivity contribution in [2.24, 2.45) is 29.1 Å². The maximum atomic E-state index is 13.9. The zero-order valence-corrected chi connectivity index (χ0v) is 21.2. The SMILES string of the molecule is CC[C@@H]1OC(=O)[C@H](C)C(=O)[C@H](C)C[C@](C)(OC)C[C@@H](C)C(=O)[C@]2(C)CN[C@H]3C(=O)O[C@@]1(C)C32. The highest BCUT2D eigenvalue weighted by Crippen LogP contribution is 2.52. The van der Waals surface area contributed by atoms with E-state index in [0.717, 1.165) is 0 Å². The molecule has 3 aliphatic rings. The van der Waals surface area contributed by atoms with E-state index in [1.165, 1.54) is 0 Å². The lowest BCUT2D eigenvalue weighted by molar-refractivity contribution is -0.186. The molecule has 3 saturated heterocycles. The van der Waals surface area contributed by atoms with E-state index in [2.05, 4.69) is 5.32 Å². The van der Waals surface area contributed by atoms with Crippen LogP contribution >= 0.6 is 0 Å². The van der Waals surface area contributed by atoms with E-state index < -0.39 is 58.5 Å². The van der Waals surface area contributed by atoms with Crippen molar-refractivity contribution >= 4 is 23.5 Å². The lowest BCUT2D eigenvalue weighted by Gasteiger charge is -2.43. The Morgan fingerprint density at radius 3 is 2.18 bits per heavy atom. The number of nitrogens with one attached hydrogen (secondary N) is 1. The first kappa shape index (κ1) is 25.8. The fourth-order valence-corrected chi connectivity index (χ4v) is 6.64. The average molecular weight is 466 g/mol. The molecule has 3 heterocycles. The van der Waals surface area contributed by atoms with Gasteiger partial charge in [-0.1, -0.05) is 27.7 Å². The molecular weight excluding hydrogens is 426 g/mol. The number of ether oxygens (including phenoxy) is 3. The Morgan fingerprint density at radius 2 is 1.61 bits per heavy atom. The van der Waals surface area contributed by atoms with Gasteiger partial charge in [-0.15, -0.1) is 0 Å². The third-order valence-electron chi connectivity index (χ3n) is 8.41. The molecule has 3 aliphatic heterocycles. The molecule has 0 amide bonds. The minimum Gasteiger partial charge on any atom is -0.458 e. The van der Waals surface area contributed by atoms with Crippen LogP contribution in [0.15, 0.2) is 0 Å². The van der Waals surface area contributed by atoms with Crippen molar-refractivity contribution in [1.29, 1.82) is 0 Å². The molecule has 0 spiro atoms. The lowest BCUT2D eigenvalue weighted by atomic mass is 9.62. The highest BCUT2D eigenvalue weighted by atomic mass is 16.6. The maximum absolute atomic E-state index is 13.9. The van der Waals surface area contributed by atoms with E-state index in [-0.39, 0.29) is 17.5 Å². The monoisotopic (exact) mass is 465 g/mol. The zero-order valence-electron chi connectivity index (χ0n) is 21.2. The Balaban J connectivity index is 2.12. The van der Waals surface area contributed by atoms with E-state index in [0.29, 0.717) is 25.8 Å². The molecule has 33 heavy (non-hydrogen) atoms. The minimum absolute atomic E-state index is 0.0147. The van der Waals surface area contributed by atoms with E-state index in [1.54, 1.807) is 27.9 Å². The fourth-order valence-electron chi connectivity index (χ4n) is 6.64. The molecule has 0 saturated carbocycles. The summed E-state index contributed by atoms with van der Waals surface area (Å²) in [6.07, 6.45) is 0.421. The van der Waals surface area contributed by atoms with Crippen molar-refractivity contribution < 1.29 is 33.4 Å². The summed E-state index contributed by atoms with van der Waals surface area (Å²) in [6, 6.07) is -0.648. The van der Waals surface area contributed by atoms with Gasteiger partial charge in [-0.25, -0.2) is 0 Å². The summed E-state index contributed by atoms with van der Waals surface area (Å²) in [5.41, 5.74) is -2.81. The van der Waals surface area contributed by atoms with Crippen molar-refractivity contribution in [3.05, 3.63) is 0 Å². The Bertz CT molecular complexity index is 843. The summed E-state index contributed by atoms with van der Waals surface area (Å²) in [5.74, 6) is -3.58. The van der Waals surface area contributed by atoms with Crippen LogP contribution in [0.25, 0.3) is 0 Å². The normalized spacial score (nSPS) is 47.0. The molecule has 8 nitrogen and oxygen atoms in total. The third kappa shape index (κ3) is 4.14. The Hall–Kier alpha value is -1.80. The van der Waals surface area contributed by atoms with Crippen LogP contribution in [0.5, 0.6) is 0 Å². The molecule has 0 bridgehead atoms. The molecule has 1 N–H and O–H groups in total. The van der Waals surface area contributed by atoms with Crippen LogP contribution in [0.2, 0.25) is 0 Å². The predicted molar refractivity (Wildman–Crippen MR) is 120 cm³/mol. The largest absolute Gasteiger partial charge is 0.458 e. The number of esters is 2. The summed E-state index contributed by atoms with van der Waals surface area (Å²) in [6.45, 7) is 12.9. The Kier molecular flexibility index (Phi) is 6.86. The summed E-state index contributed by atoms with van der Waals surface area (Å²) >= 11 is 0. The number of rotatable bonds is 2. The van der Waals surface area contributed by atoms with Crippen LogP contribution < -0.4 is 5.32 Å². The average Bonchev–Trinajstić information content (AvgIpc) is 3.26. The van der Waals surface area contributed by atoms with Gasteiger partial charge in [-0.05, 0) is 40.0 Å². The van der Waals surface area contributed by atoms with Crippen molar-refractivity contribution in [3.8, 4) is 0 Å². The third-order valence-corrected chi connectivity index (χ3v) is 8.41. The summed E-state index contributed by atoms with van der Waals surface area (Å²) in [7, 11) is 1.58. The molecule has 186 valence electrons. The van der Waals surface area contributed by atoms with Crippen LogP contribution in [-0.4, -0.2) is 60.5 Å². The number of cyclic esters (lactones) is 1. The number of Topliss-reactive ketones (excluding diaryl/α,β-unsaturated/α-hetero) is 2. The van der Waals surface area contributed by atoms with Gasteiger partial charge in [0.05, 0.1) is 5.60 Å². The number of hydrogen-bond donors (Lipinski definition) is 1. The summed E-state index contributed by atoms with van der Waals surface area (Å²) < 4.78 is 17.5. The number of methoxy groups -OCH3 is 1. The number of carbonyl (C=O) groups excluding carboxylic acids is 4. The topological polar surface area (TPSA) is 108 Å². The second kappa shape index (κ2) is 8.77. The zero-order chi connectivity index (χ0) is 24.9.